The van der Waals surface area contributed by atoms with Crippen LogP contribution >= 0.6 is 23.2 Å². The SMILES string of the molecule is O=C1C(c2ccc(Cl)cc2)=C(N2CCCCC2)C(=O)N1CCc1ccc(Cl)cc1. The van der Waals surface area contributed by atoms with Gasteiger partial charge in [-0.05, 0) is 61.1 Å². The normalized spacial score (nSPS) is 17.4. The molecule has 0 radical (unpaired) electrons. The number of benzene rings is 2. The van der Waals surface area contributed by atoms with E-state index in [9.17, 15) is 9.59 Å². The molecule has 1 fully saturated rings. The first-order valence-corrected chi connectivity index (χ1v) is 10.7. The Hall–Kier alpha value is -2.30. The van der Waals surface area contributed by atoms with Crippen molar-refractivity contribution in [3.8, 4) is 0 Å². The predicted molar refractivity (Wildman–Crippen MR) is 116 cm³/mol. The molecule has 0 aromatic heterocycles. The van der Waals surface area contributed by atoms with Gasteiger partial charge in [0.1, 0.15) is 5.70 Å². The van der Waals surface area contributed by atoms with E-state index in [1.54, 1.807) is 12.1 Å². The van der Waals surface area contributed by atoms with Crippen molar-refractivity contribution in [3.05, 3.63) is 75.4 Å². The zero-order valence-corrected chi connectivity index (χ0v) is 17.5. The second-order valence-corrected chi connectivity index (χ2v) is 8.29. The lowest BCUT2D eigenvalue weighted by atomic mass is 10.0. The van der Waals surface area contributed by atoms with Gasteiger partial charge in [-0.1, -0.05) is 47.5 Å². The van der Waals surface area contributed by atoms with Crippen molar-refractivity contribution in [2.45, 2.75) is 25.7 Å². The number of hydrogen-bond acceptors (Lipinski definition) is 3. The van der Waals surface area contributed by atoms with E-state index in [4.69, 9.17) is 23.2 Å². The maximum Gasteiger partial charge on any atom is 0.277 e. The Balaban J connectivity index is 1.63. The van der Waals surface area contributed by atoms with Crippen LogP contribution in [0.3, 0.4) is 0 Å². The standard InChI is InChI=1S/C23H22Cl2N2O2/c24-18-8-4-16(5-9-18)12-15-27-22(28)20(17-6-10-19(25)11-7-17)21(23(27)29)26-13-2-1-3-14-26/h4-11H,1-3,12-15H2. The van der Waals surface area contributed by atoms with Gasteiger partial charge in [0.05, 0.1) is 5.57 Å². The molecule has 6 heteroatoms. The Bertz CT molecular complexity index is 946. The van der Waals surface area contributed by atoms with E-state index in [1.165, 1.54) is 4.90 Å². The first kappa shape index (κ1) is 20.0. The van der Waals surface area contributed by atoms with E-state index in [1.807, 2.05) is 36.4 Å². The molecule has 0 spiro atoms. The highest BCUT2D eigenvalue weighted by Gasteiger charge is 2.41. The van der Waals surface area contributed by atoms with Gasteiger partial charge in [-0.3, -0.25) is 14.5 Å². The smallest absolute Gasteiger partial charge is 0.277 e. The van der Waals surface area contributed by atoms with Gasteiger partial charge in [-0.15, -0.1) is 0 Å². The molecule has 1 saturated heterocycles. The van der Waals surface area contributed by atoms with Crippen molar-refractivity contribution in [1.82, 2.24) is 9.80 Å². The van der Waals surface area contributed by atoms with Gasteiger partial charge in [-0.25, -0.2) is 0 Å². The van der Waals surface area contributed by atoms with Crippen LogP contribution in [0.4, 0.5) is 0 Å². The van der Waals surface area contributed by atoms with E-state index in [-0.39, 0.29) is 11.8 Å². The highest BCUT2D eigenvalue weighted by Crippen LogP contribution is 2.33. The number of rotatable bonds is 5. The summed E-state index contributed by atoms with van der Waals surface area (Å²) < 4.78 is 0. The molecule has 2 aromatic carbocycles. The third kappa shape index (κ3) is 4.19. The summed E-state index contributed by atoms with van der Waals surface area (Å²) in [7, 11) is 0. The number of hydrogen-bond donors (Lipinski definition) is 0. The van der Waals surface area contributed by atoms with Gasteiger partial charge in [0, 0.05) is 29.7 Å². The maximum atomic E-state index is 13.3. The van der Waals surface area contributed by atoms with Crippen LogP contribution < -0.4 is 0 Å². The molecule has 0 unspecified atom stereocenters. The third-order valence-corrected chi connectivity index (χ3v) is 5.99. The van der Waals surface area contributed by atoms with Crippen LogP contribution in [0.25, 0.3) is 5.57 Å². The lowest BCUT2D eigenvalue weighted by molar-refractivity contribution is -0.137. The van der Waals surface area contributed by atoms with Gasteiger partial charge in [-0.2, -0.15) is 0 Å². The van der Waals surface area contributed by atoms with Gasteiger partial charge < -0.3 is 4.90 Å². The Labute approximate surface area is 180 Å². The average Bonchev–Trinajstić information content (AvgIpc) is 2.99. The summed E-state index contributed by atoms with van der Waals surface area (Å²) in [6, 6.07) is 14.6. The topological polar surface area (TPSA) is 40.6 Å². The number of likely N-dealkylation sites (tertiary alicyclic amines) is 1. The summed E-state index contributed by atoms with van der Waals surface area (Å²) >= 11 is 12.0. The molecule has 0 aliphatic carbocycles. The summed E-state index contributed by atoms with van der Waals surface area (Å²) in [5.41, 5.74) is 2.80. The van der Waals surface area contributed by atoms with E-state index < -0.39 is 0 Å². The summed E-state index contributed by atoms with van der Waals surface area (Å²) in [4.78, 5) is 30.1. The number of carbonyl (C=O) groups is 2. The van der Waals surface area contributed by atoms with E-state index in [0.29, 0.717) is 34.3 Å². The van der Waals surface area contributed by atoms with E-state index >= 15 is 0 Å². The van der Waals surface area contributed by atoms with Crippen molar-refractivity contribution in [3.63, 3.8) is 0 Å². The highest BCUT2D eigenvalue weighted by molar-refractivity contribution is 6.36. The molecule has 29 heavy (non-hydrogen) atoms. The first-order chi connectivity index (χ1) is 14.0. The van der Waals surface area contributed by atoms with E-state index in [0.717, 1.165) is 43.5 Å². The summed E-state index contributed by atoms with van der Waals surface area (Å²) in [5, 5.41) is 1.27. The molecular weight excluding hydrogens is 407 g/mol. The third-order valence-electron chi connectivity index (χ3n) is 5.49. The quantitative estimate of drug-likeness (QED) is 0.641. The molecule has 4 nitrogen and oxygen atoms in total. The van der Waals surface area contributed by atoms with Crippen LogP contribution in [-0.4, -0.2) is 41.2 Å². The molecule has 2 aliphatic rings. The molecule has 0 atom stereocenters. The zero-order chi connectivity index (χ0) is 20.4. The Kier molecular flexibility index (Phi) is 5.93. The van der Waals surface area contributed by atoms with Crippen molar-refractivity contribution in [2.24, 2.45) is 0 Å². The van der Waals surface area contributed by atoms with E-state index in [2.05, 4.69) is 4.90 Å². The summed E-state index contributed by atoms with van der Waals surface area (Å²) in [5.74, 6) is -0.428. The van der Waals surface area contributed by atoms with Gasteiger partial charge >= 0.3 is 0 Å². The number of nitrogens with zero attached hydrogens (tertiary/aromatic N) is 2. The van der Waals surface area contributed by atoms with Crippen LogP contribution in [0.5, 0.6) is 0 Å². The Morgan fingerprint density at radius 3 is 1.97 bits per heavy atom. The lowest BCUT2D eigenvalue weighted by Gasteiger charge is -2.29. The maximum absolute atomic E-state index is 13.3. The van der Waals surface area contributed by atoms with Gasteiger partial charge in [0.25, 0.3) is 11.8 Å². The van der Waals surface area contributed by atoms with Crippen LogP contribution in [0.15, 0.2) is 54.2 Å². The number of imide groups is 1. The fourth-order valence-corrected chi connectivity index (χ4v) is 4.20. The summed E-state index contributed by atoms with van der Waals surface area (Å²) in [6.45, 7) is 1.95. The Morgan fingerprint density at radius 2 is 1.34 bits per heavy atom. The molecule has 2 aromatic rings. The minimum absolute atomic E-state index is 0.198. The largest absolute Gasteiger partial charge is 0.366 e. The zero-order valence-electron chi connectivity index (χ0n) is 16.0. The number of amides is 2. The fraction of sp³-hybridized carbons (Fsp3) is 0.304. The molecular formula is C23H22Cl2N2O2. The molecule has 2 heterocycles. The molecule has 0 saturated carbocycles. The molecule has 2 aliphatic heterocycles. The second-order valence-electron chi connectivity index (χ2n) is 7.42. The molecule has 2 amide bonds. The lowest BCUT2D eigenvalue weighted by Crippen LogP contribution is -2.38. The molecule has 0 N–H and O–H groups in total. The number of piperidine rings is 1. The van der Waals surface area contributed by atoms with Crippen molar-refractivity contribution < 1.29 is 9.59 Å². The predicted octanol–water partition coefficient (Wildman–Crippen LogP) is 4.80. The van der Waals surface area contributed by atoms with Crippen molar-refractivity contribution in [1.29, 1.82) is 0 Å². The molecule has 150 valence electrons. The minimum Gasteiger partial charge on any atom is -0.366 e. The van der Waals surface area contributed by atoms with Crippen LogP contribution in [-0.2, 0) is 16.0 Å². The number of carbonyl (C=O) groups excluding carboxylic acids is 2. The Morgan fingerprint density at radius 1 is 0.759 bits per heavy atom. The first-order valence-electron chi connectivity index (χ1n) is 9.90. The van der Waals surface area contributed by atoms with Crippen LogP contribution in [0.2, 0.25) is 10.0 Å². The van der Waals surface area contributed by atoms with Gasteiger partial charge in [0.2, 0.25) is 0 Å². The summed E-state index contributed by atoms with van der Waals surface area (Å²) in [6.07, 6.45) is 3.81. The van der Waals surface area contributed by atoms with Gasteiger partial charge in [0.15, 0.2) is 0 Å². The molecule has 4 rings (SSSR count). The monoisotopic (exact) mass is 428 g/mol. The minimum atomic E-state index is -0.230. The van der Waals surface area contributed by atoms with Crippen LogP contribution in [0.1, 0.15) is 30.4 Å². The van der Waals surface area contributed by atoms with Crippen LogP contribution in [0, 0.1) is 0 Å². The van der Waals surface area contributed by atoms with Crippen molar-refractivity contribution in [2.75, 3.05) is 19.6 Å². The fourth-order valence-electron chi connectivity index (χ4n) is 3.95. The number of halogens is 2. The van der Waals surface area contributed by atoms with Crippen molar-refractivity contribution >= 4 is 40.6 Å². The second kappa shape index (κ2) is 8.60. The average molecular weight is 429 g/mol. The highest BCUT2D eigenvalue weighted by atomic mass is 35.5. The molecule has 0 bridgehead atoms.